The van der Waals surface area contributed by atoms with E-state index >= 15 is 0 Å². The van der Waals surface area contributed by atoms with Crippen LogP contribution in [0.3, 0.4) is 0 Å². The molecule has 5 aromatic rings. The number of hydrogen-bond donors (Lipinski definition) is 0. The van der Waals surface area contributed by atoms with E-state index in [1.54, 1.807) is 0 Å². The van der Waals surface area contributed by atoms with Gasteiger partial charge in [-0.05, 0) is 35.2 Å². The van der Waals surface area contributed by atoms with Gasteiger partial charge >= 0.3 is 0 Å². The Morgan fingerprint density at radius 2 is 1.46 bits per heavy atom. The third-order valence-corrected chi connectivity index (χ3v) is 5.37. The highest BCUT2D eigenvalue weighted by atomic mass is 16.5. The maximum Gasteiger partial charge on any atom is 0.293 e. The van der Waals surface area contributed by atoms with Crippen LogP contribution in [0.4, 0.5) is 0 Å². The lowest BCUT2D eigenvalue weighted by Crippen LogP contribution is -2.40. The van der Waals surface area contributed by atoms with Gasteiger partial charge in [-0.2, -0.15) is 4.57 Å². The molecule has 122 valence electrons. The number of hydrogen-bond acceptors (Lipinski definition) is 1. The fourth-order valence-electron chi connectivity index (χ4n) is 4.19. The highest BCUT2D eigenvalue weighted by Crippen LogP contribution is 2.41. The zero-order valence-electron chi connectivity index (χ0n) is 14.1. The molecule has 1 aromatic heterocycles. The van der Waals surface area contributed by atoms with E-state index in [9.17, 15) is 0 Å². The maximum atomic E-state index is 6.34. The zero-order valence-corrected chi connectivity index (χ0v) is 14.1. The lowest BCUT2D eigenvalue weighted by atomic mass is 9.96. The first kappa shape index (κ1) is 13.9. The molecule has 26 heavy (non-hydrogen) atoms. The van der Waals surface area contributed by atoms with Crippen molar-refractivity contribution in [2.75, 3.05) is 0 Å². The third kappa shape index (κ3) is 1.79. The number of nitrogens with zero attached hydrogens (tertiary/aromatic N) is 1. The van der Waals surface area contributed by atoms with Crippen LogP contribution in [0, 0.1) is 0 Å². The number of para-hydroxylation sites is 1. The normalized spacial score (nSPS) is 12.8. The summed E-state index contributed by atoms with van der Waals surface area (Å²) in [6.07, 6.45) is 0. The average molecular weight is 334 g/mol. The van der Waals surface area contributed by atoms with Crippen molar-refractivity contribution in [3.05, 3.63) is 84.9 Å². The molecule has 0 radical (unpaired) electrons. The Morgan fingerprint density at radius 1 is 0.692 bits per heavy atom. The average Bonchev–Trinajstić information content (AvgIpc) is 2.72. The van der Waals surface area contributed by atoms with Gasteiger partial charge in [-0.15, -0.1) is 0 Å². The predicted molar refractivity (Wildman–Crippen MR) is 105 cm³/mol. The number of fused-ring (bicyclic) bond motifs is 2. The molecule has 0 bridgehead atoms. The molecule has 0 N–H and O–H groups in total. The van der Waals surface area contributed by atoms with Gasteiger partial charge in [0.1, 0.15) is 5.75 Å². The molecule has 1 aliphatic rings. The van der Waals surface area contributed by atoms with Gasteiger partial charge in [-0.1, -0.05) is 54.6 Å². The summed E-state index contributed by atoms with van der Waals surface area (Å²) in [5.41, 5.74) is 4.82. The minimum absolute atomic E-state index is 0.536. The van der Waals surface area contributed by atoms with Gasteiger partial charge in [0.25, 0.3) is 6.73 Å². The molecule has 0 aliphatic carbocycles. The second-order valence-corrected chi connectivity index (χ2v) is 6.81. The highest BCUT2D eigenvalue weighted by molar-refractivity contribution is 6.11. The Labute approximate surface area is 150 Å². The molecule has 0 spiro atoms. The Hall–Kier alpha value is -3.39. The number of aromatic nitrogens is 1. The van der Waals surface area contributed by atoms with E-state index in [0.29, 0.717) is 6.73 Å². The SMILES string of the molecule is c1ccc(-c2ccc3ccc4cc5ccccc5[n+]5c4c3c2OC5)cc1. The second-order valence-electron chi connectivity index (χ2n) is 6.81. The van der Waals surface area contributed by atoms with Crippen LogP contribution in [0.25, 0.3) is 43.7 Å². The van der Waals surface area contributed by atoms with Gasteiger partial charge in [0.15, 0.2) is 0 Å². The fourth-order valence-corrected chi connectivity index (χ4v) is 4.19. The van der Waals surface area contributed by atoms with E-state index in [4.69, 9.17) is 4.74 Å². The highest BCUT2D eigenvalue weighted by Gasteiger charge is 2.27. The lowest BCUT2D eigenvalue weighted by molar-refractivity contribution is -0.677. The molecule has 0 atom stereocenters. The van der Waals surface area contributed by atoms with Crippen LogP contribution in [0.1, 0.15) is 0 Å². The Kier molecular flexibility index (Phi) is 2.69. The van der Waals surface area contributed by atoms with Gasteiger partial charge in [0.05, 0.1) is 5.39 Å². The molecule has 4 aromatic carbocycles. The van der Waals surface area contributed by atoms with Gasteiger partial charge in [0.2, 0.25) is 11.0 Å². The minimum Gasteiger partial charge on any atom is -0.434 e. The summed E-state index contributed by atoms with van der Waals surface area (Å²) in [5.74, 6) is 0.995. The number of benzene rings is 4. The van der Waals surface area contributed by atoms with Crippen molar-refractivity contribution in [2.45, 2.75) is 6.73 Å². The molecule has 1 aliphatic heterocycles. The van der Waals surface area contributed by atoms with Gasteiger partial charge in [-0.3, -0.25) is 0 Å². The van der Waals surface area contributed by atoms with Crippen molar-refractivity contribution in [2.24, 2.45) is 0 Å². The second kappa shape index (κ2) is 5.06. The summed E-state index contributed by atoms with van der Waals surface area (Å²) in [7, 11) is 0. The standard InChI is InChI=1S/C24H16NO/c1-2-6-16(7-3-1)20-13-12-17-10-11-19-14-18-8-4-5-9-21(18)25-15-26-24(20)22(17)23(19)25/h1-14H,15H2/q+1. The molecule has 0 amide bonds. The molecule has 2 nitrogen and oxygen atoms in total. The Morgan fingerprint density at radius 3 is 2.38 bits per heavy atom. The van der Waals surface area contributed by atoms with Crippen LogP contribution in [0.2, 0.25) is 0 Å². The Bertz CT molecular complexity index is 1320. The molecule has 0 unspecified atom stereocenters. The minimum atomic E-state index is 0.536. The van der Waals surface area contributed by atoms with Gasteiger partial charge in [-0.25, -0.2) is 0 Å². The first-order valence-electron chi connectivity index (χ1n) is 8.89. The van der Waals surface area contributed by atoms with Crippen molar-refractivity contribution in [3.8, 4) is 16.9 Å². The predicted octanol–water partition coefficient (Wildman–Crippen LogP) is 5.45. The van der Waals surface area contributed by atoms with Crippen molar-refractivity contribution < 1.29 is 9.30 Å². The topological polar surface area (TPSA) is 13.1 Å². The summed E-state index contributed by atoms with van der Waals surface area (Å²) in [6.45, 7) is 0.536. The molecule has 6 rings (SSSR count). The maximum absolute atomic E-state index is 6.34. The van der Waals surface area contributed by atoms with Gasteiger partial charge in [0, 0.05) is 22.4 Å². The van der Waals surface area contributed by atoms with Crippen molar-refractivity contribution >= 4 is 32.6 Å². The van der Waals surface area contributed by atoms with E-state index in [1.807, 2.05) is 6.07 Å². The fraction of sp³-hybridized carbons (Fsp3) is 0.0417. The van der Waals surface area contributed by atoms with Crippen molar-refractivity contribution in [1.82, 2.24) is 0 Å². The summed E-state index contributed by atoms with van der Waals surface area (Å²) in [5, 5.41) is 4.92. The molecular weight excluding hydrogens is 318 g/mol. The van der Waals surface area contributed by atoms with Crippen LogP contribution < -0.4 is 9.30 Å². The van der Waals surface area contributed by atoms with E-state index in [0.717, 1.165) is 11.3 Å². The molecule has 2 heterocycles. The summed E-state index contributed by atoms with van der Waals surface area (Å²) in [6, 6.07) is 30.1. The Balaban J connectivity index is 1.82. The molecule has 0 fully saturated rings. The smallest absolute Gasteiger partial charge is 0.293 e. The molecular formula is C24H16NO+. The van der Waals surface area contributed by atoms with Crippen LogP contribution in [-0.2, 0) is 6.73 Å². The first-order valence-corrected chi connectivity index (χ1v) is 8.89. The molecule has 2 heteroatoms. The van der Waals surface area contributed by atoms with Crippen molar-refractivity contribution in [1.29, 1.82) is 0 Å². The number of ether oxygens (including phenoxy) is 1. The largest absolute Gasteiger partial charge is 0.434 e. The molecule has 0 saturated carbocycles. The van der Waals surface area contributed by atoms with Crippen molar-refractivity contribution in [3.63, 3.8) is 0 Å². The monoisotopic (exact) mass is 334 g/mol. The zero-order chi connectivity index (χ0) is 17.1. The number of rotatable bonds is 1. The molecule has 0 saturated heterocycles. The quantitative estimate of drug-likeness (QED) is 0.226. The van der Waals surface area contributed by atoms with Gasteiger partial charge < -0.3 is 4.74 Å². The summed E-state index contributed by atoms with van der Waals surface area (Å²) >= 11 is 0. The van der Waals surface area contributed by atoms with Crippen LogP contribution in [0.15, 0.2) is 84.9 Å². The summed E-state index contributed by atoms with van der Waals surface area (Å²) in [4.78, 5) is 0. The number of pyridine rings is 1. The summed E-state index contributed by atoms with van der Waals surface area (Å²) < 4.78 is 8.64. The van der Waals surface area contributed by atoms with Crippen LogP contribution >= 0.6 is 0 Å². The van der Waals surface area contributed by atoms with Crippen LogP contribution in [0.5, 0.6) is 5.75 Å². The first-order chi connectivity index (χ1) is 12.9. The van der Waals surface area contributed by atoms with E-state index < -0.39 is 0 Å². The lowest BCUT2D eigenvalue weighted by Gasteiger charge is -2.19. The van der Waals surface area contributed by atoms with E-state index in [-0.39, 0.29) is 0 Å². The van der Waals surface area contributed by atoms with E-state index in [1.165, 1.54) is 38.1 Å². The van der Waals surface area contributed by atoms with E-state index in [2.05, 4.69) is 83.4 Å². The van der Waals surface area contributed by atoms with Crippen LogP contribution in [-0.4, -0.2) is 0 Å². The third-order valence-electron chi connectivity index (χ3n) is 5.37.